The van der Waals surface area contributed by atoms with Crippen LogP contribution in [-0.2, 0) is 6.54 Å². The molecule has 30 heavy (non-hydrogen) atoms. The minimum absolute atomic E-state index is 0.143. The first kappa shape index (κ1) is 20.4. The lowest BCUT2D eigenvalue weighted by molar-refractivity contribution is 0.100. The van der Waals surface area contributed by atoms with E-state index < -0.39 is 5.91 Å². The number of aryl methyl sites for hydroxylation is 2. The predicted molar refractivity (Wildman–Crippen MR) is 120 cm³/mol. The lowest BCUT2D eigenvalue weighted by Gasteiger charge is -2.36. The molecule has 1 fully saturated rings. The number of fused-ring (bicyclic) bond motifs is 1. The van der Waals surface area contributed by atoms with Gasteiger partial charge in [0.05, 0.1) is 5.69 Å². The molecule has 2 N–H and O–H groups in total. The topological polar surface area (TPSA) is 54.5 Å². The second-order valence-corrected chi connectivity index (χ2v) is 8.09. The summed E-state index contributed by atoms with van der Waals surface area (Å²) >= 11 is 0. The Labute approximate surface area is 176 Å². The number of hydrogen-bond acceptors (Lipinski definition) is 3. The van der Waals surface area contributed by atoms with Gasteiger partial charge < -0.3 is 15.2 Å². The Morgan fingerprint density at radius 1 is 1.03 bits per heavy atom. The van der Waals surface area contributed by atoms with Crippen LogP contribution in [0.15, 0.2) is 42.5 Å². The molecule has 1 aromatic heterocycles. The molecule has 158 valence electrons. The molecule has 4 rings (SSSR count). The molecule has 0 radical (unpaired) electrons. The van der Waals surface area contributed by atoms with E-state index in [4.69, 9.17) is 5.73 Å². The number of benzene rings is 2. The van der Waals surface area contributed by atoms with Crippen molar-refractivity contribution in [3.05, 3.63) is 65.1 Å². The Bertz CT molecular complexity index is 1070. The van der Waals surface area contributed by atoms with Crippen LogP contribution in [-0.4, -0.2) is 48.1 Å². The smallest absolute Gasteiger partial charge is 0.248 e. The van der Waals surface area contributed by atoms with E-state index in [0.29, 0.717) is 11.3 Å². The van der Waals surface area contributed by atoms with E-state index in [2.05, 4.69) is 28.2 Å². The maximum atomic E-state index is 14.0. The fourth-order valence-electron chi connectivity index (χ4n) is 4.46. The molecule has 2 aromatic carbocycles. The summed E-state index contributed by atoms with van der Waals surface area (Å²) in [4.78, 5) is 16.1. The van der Waals surface area contributed by atoms with Gasteiger partial charge >= 0.3 is 0 Å². The van der Waals surface area contributed by atoms with Crippen LogP contribution < -0.4 is 10.6 Å². The molecule has 0 aliphatic carbocycles. The third kappa shape index (κ3) is 3.92. The molecule has 0 bridgehead atoms. The lowest BCUT2D eigenvalue weighted by atomic mass is 10.1. The number of anilines is 1. The van der Waals surface area contributed by atoms with Crippen LogP contribution >= 0.6 is 0 Å². The minimum atomic E-state index is -0.392. The molecule has 3 aromatic rings. The van der Waals surface area contributed by atoms with Crippen molar-refractivity contribution in [2.45, 2.75) is 26.8 Å². The van der Waals surface area contributed by atoms with Gasteiger partial charge in [-0.25, -0.2) is 4.39 Å². The summed E-state index contributed by atoms with van der Waals surface area (Å²) in [5, 5.41) is 1.10. The molecular formula is C24H29FN4O. The van der Waals surface area contributed by atoms with Gasteiger partial charge in [-0.3, -0.25) is 9.69 Å². The largest absolute Gasteiger partial charge is 0.367 e. The van der Waals surface area contributed by atoms with Gasteiger partial charge in [-0.1, -0.05) is 12.1 Å². The number of primary amides is 1. The Hall–Kier alpha value is -2.86. The number of para-hydroxylation sites is 1. The number of rotatable bonds is 6. The van der Waals surface area contributed by atoms with Gasteiger partial charge in [-0.2, -0.15) is 0 Å². The number of aromatic nitrogens is 1. The number of amides is 1. The first-order valence-electron chi connectivity index (χ1n) is 10.6. The van der Waals surface area contributed by atoms with Crippen molar-refractivity contribution in [1.82, 2.24) is 9.47 Å². The fourth-order valence-corrected chi connectivity index (χ4v) is 4.46. The number of halogens is 1. The molecule has 5 nitrogen and oxygen atoms in total. The molecule has 1 amide bonds. The third-order valence-electron chi connectivity index (χ3n) is 6.34. The van der Waals surface area contributed by atoms with Crippen LogP contribution in [0.2, 0.25) is 0 Å². The predicted octanol–water partition coefficient (Wildman–Crippen LogP) is 3.71. The number of nitrogens with two attached hydrogens (primary N) is 1. The highest BCUT2D eigenvalue weighted by Crippen LogP contribution is 2.27. The highest BCUT2D eigenvalue weighted by molar-refractivity contribution is 5.98. The van der Waals surface area contributed by atoms with E-state index >= 15 is 0 Å². The Balaban J connectivity index is 1.36. The van der Waals surface area contributed by atoms with E-state index in [9.17, 15) is 9.18 Å². The van der Waals surface area contributed by atoms with Gasteiger partial charge in [0.2, 0.25) is 5.91 Å². The summed E-state index contributed by atoms with van der Waals surface area (Å²) < 4.78 is 16.4. The fraction of sp³-hybridized carbons (Fsp3) is 0.375. The van der Waals surface area contributed by atoms with E-state index in [0.717, 1.165) is 56.6 Å². The first-order valence-corrected chi connectivity index (χ1v) is 10.6. The molecule has 2 heterocycles. The maximum Gasteiger partial charge on any atom is 0.248 e. The van der Waals surface area contributed by atoms with Gasteiger partial charge in [-0.05, 0) is 62.7 Å². The second-order valence-electron chi connectivity index (χ2n) is 8.09. The highest BCUT2D eigenvalue weighted by Gasteiger charge is 2.19. The summed E-state index contributed by atoms with van der Waals surface area (Å²) in [5.74, 6) is -0.535. The Morgan fingerprint density at radius 3 is 2.47 bits per heavy atom. The zero-order chi connectivity index (χ0) is 21.3. The van der Waals surface area contributed by atoms with Crippen molar-refractivity contribution in [2.75, 3.05) is 37.6 Å². The van der Waals surface area contributed by atoms with E-state index in [-0.39, 0.29) is 5.82 Å². The molecule has 0 unspecified atom stereocenters. The van der Waals surface area contributed by atoms with Crippen molar-refractivity contribution in [3.63, 3.8) is 0 Å². The quantitative estimate of drug-likeness (QED) is 0.677. The summed E-state index contributed by atoms with van der Waals surface area (Å²) in [6.45, 7) is 9.76. The highest BCUT2D eigenvalue weighted by atomic mass is 19.1. The monoisotopic (exact) mass is 408 g/mol. The second kappa shape index (κ2) is 8.48. The van der Waals surface area contributed by atoms with Gasteiger partial charge in [0.1, 0.15) is 5.82 Å². The first-order chi connectivity index (χ1) is 14.5. The average Bonchev–Trinajstić information content (AvgIpc) is 2.99. The summed E-state index contributed by atoms with van der Waals surface area (Å²) in [6, 6.07) is 12.7. The molecular weight excluding hydrogens is 379 g/mol. The summed E-state index contributed by atoms with van der Waals surface area (Å²) in [5.41, 5.74) is 10.3. The van der Waals surface area contributed by atoms with Gasteiger partial charge in [0.15, 0.2) is 0 Å². The lowest BCUT2D eigenvalue weighted by Crippen LogP contribution is -2.47. The van der Waals surface area contributed by atoms with Crippen molar-refractivity contribution in [1.29, 1.82) is 0 Å². The van der Waals surface area contributed by atoms with E-state index in [1.807, 2.05) is 30.3 Å². The van der Waals surface area contributed by atoms with Gasteiger partial charge in [0, 0.05) is 54.9 Å². The van der Waals surface area contributed by atoms with Gasteiger partial charge in [0.25, 0.3) is 0 Å². The molecule has 1 saturated heterocycles. The molecule has 0 spiro atoms. The molecule has 1 aliphatic heterocycles. The van der Waals surface area contributed by atoms with Crippen LogP contribution in [0.3, 0.4) is 0 Å². The van der Waals surface area contributed by atoms with Crippen LogP contribution in [0.1, 0.15) is 28.0 Å². The Morgan fingerprint density at radius 2 is 1.77 bits per heavy atom. The number of carbonyl (C=O) groups excluding carboxylic acids is 1. The van der Waals surface area contributed by atoms with Gasteiger partial charge in [-0.15, -0.1) is 0 Å². The van der Waals surface area contributed by atoms with Crippen molar-refractivity contribution in [2.24, 2.45) is 5.73 Å². The zero-order valence-corrected chi connectivity index (χ0v) is 17.7. The van der Waals surface area contributed by atoms with Crippen LogP contribution in [0.5, 0.6) is 0 Å². The van der Waals surface area contributed by atoms with Crippen molar-refractivity contribution >= 4 is 22.5 Å². The molecule has 0 atom stereocenters. The Kier molecular flexibility index (Phi) is 5.77. The SMILES string of the molecule is Cc1c(C)n(CCCN2CCN(c3ccccc3F)CC2)c2ccc(C(N)=O)cc12. The maximum absolute atomic E-state index is 14.0. The molecule has 0 saturated carbocycles. The number of piperazine rings is 1. The number of nitrogens with zero attached hydrogens (tertiary/aromatic N) is 3. The molecule has 6 heteroatoms. The molecule has 1 aliphatic rings. The normalized spacial score (nSPS) is 15.1. The van der Waals surface area contributed by atoms with E-state index in [1.165, 1.54) is 17.3 Å². The summed E-state index contributed by atoms with van der Waals surface area (Å²) in [7, 11) is 0. The minimum Gasteiger partial charge on any atom is -0.367 e. The zero-order valence-electron chi connectivity index (χ0n) is 17.7. The van der Waals surface area contributed by atoms with Crippen LogP contribution in [0, 0.1) is 19.7 Å². The number of carbonyl (C=O) groups is 1. The third-order valence-corrected chi connectivity index (χ3v) is 6.34. The average molecular weight is 409 g/mol. The van der Waals surface area contributed by atoms with E-state index in [1.54, 1.807) is 6.07 Å². The summed E-state index contributed by atoms with van der Waals surface area (Å²) in [6.07, 6.45) is 1.04. The standard InChI is InChI=1S/C24H29FN4O/c1-17-18(2)29(22-9-8-19(24(26)30)16-20(17)22)11-5-10-27-12-14-28(15-13-27)23-7-4-3-6-21(23)25/h3-4,6-9,16H,5,10-15H2,1-2H3,(H2,26,30). The van der Waals surface area contributed by atoms with Crippen molar-refractivity contribution in [3.8, 4) is 0 Å². The van der Waals surface area contributed by atoms with Crippen LogP contribution in [0.4, 0.5) is 10.1 Å². The van der Waals surface area contributed by atoms with Crippen molar-refractivity contribution < 1.29 is 9.18 Å². The number of hydrogen-bond donors (Lipinski definition) is 1. The van der Waals surface area contributed by atoms with Crippen LogP contribution in [0.25, 0.3) is 10.9 Å².